The number of carbonyl (C=O) groups excluding carboxylic acids is 1. The highest BCUT2D eigenvalue weighted by Gasteiger charge is 2.13. The van der Waals surface area contributed by atoms with Crippen LogP contribution in [0.3, 0.4) is 0 Å². The Morgan fingerprint density at radius 1 is 1.12 bits per heavy atom. The smallest absolute Gasteiger partial charge is 0.221 e. The van der Waals surface area contributed by atoms with Gasteiger partial charge < -0.3 is 9.88 Å². The Morgan fingerprint density at radius 3 is 2.64 bits per heavy atom. The second-order valence-corrected chi connectivity index (χ2v) is 6.53. The van der Waals surface area contributed by atoms with Crippen LogP contribution >= 0.6 is 11.8 Å². The summed E-state index contributed by atoms with van der Waals surface area (Å²) in [6.07, 6.45) is 0. The van der Waals surface area contributed by atoms with E-state index in [-0.39, 0.29) is 5.91 Å². The Morgan fingerprint density at radius 2 is 1.92 bits per heavy atom. The fourth-order valence-corrected chi connectivity index (χ4v) is 3.51. The molecule has 0 radical (unpaired) electrons. The van der Waals surface area contributed by atoms with Crippen molar-refractivity contribution in [2.24, 2.45) is 0 Å². The van der Waals surface area contributed by atoms with Gasteiger partial charge in [-0.05, 0) is 24.6 Å². The maximum absolute atomic E-state index is 11.3. The fourth-order valence-electron chi connectivity index (χ4n) is 2.56. The Labute approximate surface area is 151 Å². The second kappa shape index (κ2) is 7.98. The van der Waals surface area contributed by atoms with Crippen LogP contribution in [0.5, 0.6) is 0 Å². The SMILES string of the molecule is CCn1c(SCc2ccccc2)nnc1-c1cccc(NC(C)=O)c1. The minimum atomic E-state index is -0.0896. The van der Waals surface area contributed by atoms with Gasteiger partial charge in [-0.15, -0.1) is 10.2 Å². The first-order chi connectivity index (χ1) is 12.2. The minimum absolute atomic E-state index is 0.0896. The first-order valence-electron chi connectivity index (χ1n) is 8.15. The molecule has 0 unspecified atom stereocenters. The highest BCUT2D eigenvalue weighted by Crippen LogP contribution is 2.27. The number of hydrogen-bond donors (Lipinski definition) is 1. The number of nitrogens with one attached hydrogen (secondary N) is 1. The molecule has 3 rings (SSSR count). The Bertz CT molecular complexity index is 861. The lowest BCUT2D eigenvalue weighted by Crippen LogP contribution is -2.06. The molecule has 128 valence electrons. The third kappa shape index (κ3) is 4.28. The molecule has 6 heteroatoms. The molecule has 0 aliphatic heterocycles. The summed E-state index contributed by atoms with van der Waals surface area (Å²) in [6, 6.07) is 18.0. The van der Waals surface area contributed by atoms with E-state index in [0.29, 0.717) is 0 Å². The number of anilines is 1. The van der Waals surface area contributed by atoms with Crippen LogP contribution in [-0.2, 0) is 17.1 Å². The molecule has 1 aromatic heterocycles. The molecular formula is C19H20N4OS. The summed E-state index contributed by atoms with van der Waals surface area (Å²) < 4.78 is 2.10. The van der Waals surface area contributed by atoms with E-state index < -0.39 is 0 Å². The third-order valence-electron chi connectivity index (χ3n) is 3.68. The van der Waals surface area contributed by atoms with Crippen molar-refractivity contribution < 1.29 is 4.79 Å². The van der Waals surface area contributed by atoms with Gasteiger partial charge in [0.25, 0.3) is 0 Å². The molecule has 0 bridgehead atoms. The van der Waals surface area contributed by atoms with Crippen LogP contribution in [0.25, 0.3) is 11.4 Å². The van der Waals surface area contributed by atoms with E-state index in [9.17, 15) is 4.79 Å². The van der Waals surface area contributed by atoms with Gasteiger partial charge >= 0.3 is 0 Å². The summed E-state index contributed by atoms with van der Waals surface area (Å²) in [4.78, 5) is 11.3. The third-order valence-corrected chi connectivity index (χ3v) is 4.72. The zero-order valence-electron chi connectivity index (χ0n) is 14.3. The van der Waals surface area contributed by atoms with E-state index in [1.807, 2.05) is 42.5 Å². The van der Waals surface area contributed by atoms with Gasteiger partial charge in [0.2, 0.25) is 5.91 Å². The van der Waals surface area contributed by atoms with Crippen molar-refractivity contribution >= 4 is 23.4 Å². The van der Waals surface area contributed by atoms with Crippen molar-refractivity contribution in [3.05, 3.63) is 60.2 Å². The van der Waals surface area contributed by atoms with E-state index in [4.69, 9.17) is 0 Å². The van der Waals surface area contributed by atoms with Crippen LogP contribution < -0.4 is 5.32 Å². The number of rotatable bonds is 6. The molecule has 1 heterocycles. The number of nitrogens with zero attached hydrogens (tertiary/aromatic N) is 3. The van der Waals surface area contributed by atoms with Gasteiger partial charge in [0.05, 0.1) is 0 Å². The van der Waals surface area contributed by atoms with Crippen molar-refractivity contribution in [1.29, 1.82) is 0 Å². The van der Waals surface area contributed by atoms with Gasteiger partial charge in [0.15, 0.2) is 11.0 Å². The topological polar surface area (TPSA) is 59.8 Å². The minimum Gasteiger partial charge on any atom is -0.326 e. The van der Waals surface area contributed by atoms with Gasteiger partial charge in [0.1, 0.15) is 0 Å². The number of thioether (sulfide) groups is 1. The molecule has 0 spiro atoms. The summed E-state index contributed by atoms with van der Waals surface area (Å²) in [6.45, 7) is 4.36. The zero-order valence-corrected chi connectivity index (χ0v) is 15.1. The number of benzene rings is 2. The van der Waals surface area contributed by atoms with Gasteiger partial charge in [-0.1, -0.05) is 54.2 Å². The van der Waals surface area contributed by atoms with Crippen LogP contribution in [0.1, 0.15) is 19.4 Å². The molecule has 25 heavy (non-hydrogen) atoms. The molecule has 0 fully saturated rings. The van der Waals surface area contributed by atoms with Gasteiger partial charge in [-0.3, -0.25) is 4.79 Å². The lowest BCUT2D eigenvalue weighted by molar-refractivity contribution is -0.114. The summed E-state index contributed by atoms with van der Waals surface area (Å²) >= 11 is 1.67. The molecular weight excluding hydrogens is 332 g/mol. The number of hydrogen-bond acceptors (Lipinski definition) is 4. The fraction of sp³-hybridized carbons (Fsp3) is 0.211. The highest BCUT2D eigenvalue weighted by atomic mass is 32.2. The van der Waals surface area contributed by atoms with Crippen molar-refractivity contribution in [3.63, 3.8) is 0 Å². The van der Waals surface area contributed by atoms with Crippen molar-refractivity contribution in [2.75, 3.05) is 5.32 Å². The van der Waals surface area contributed by atoms with E-state index in [1.165, 1.54) is 12.5 Å². The molecule has 0 atom stereocenters. The molecule has 0 aliphatic rings. The van der Waals surface area contributed by atoms with Gasteiger partial charge in [-0.2, -0.15) is 0 Å². The van der Waals surface area contributed by atoms with Crippen LogP contribution in [0.2, 0.25) is 0 Å². The second-order valence-electron chi connectivity index (χ2n) is 5.59. The number of carbonyl (C=O) groups is 1. The van der Waals surface area contributed by atoms with E-state index in [2.05, 4.69) is 39.1 Å². The highest BCUT2D eigenvalue weighted by molar-refractivity contribution is 7.98. The molecule has 0 saturated heterocycles. The van der Waals surface area contributed by atoms with Crippen LogP contribution in [0, 0.1) is 0 Å². The van der Waals surface area contributed by atoms with Crippen LogP contribution in [0.4, 0.5) is 5.69 Å². The molecule has 5 nitrogen and oxygen atoms in total. The molecule has 0 aliphatic carbocycles. The summed E-state index contributed by atoms with van der Waals surface area (Å²) in [7, 11) is 0. The summed E-state index contributed by atoms with van der Waals surface area (Å²) in [5, 5.41) is 12.4. The quantitative estimate of drug-likeness (QED) is 0.675. The van der Waals surface area contributed by atoms with Gasteiger partial charge in [-0.25, -0.2) is 0 Å². The van der Waals surface area contributed by atoms with E-state index in [0.717, 1.165) is 34.5 Å². The normalized spacial score (nSPS) is 10.6. The summed E-state index contributed by atoms with van der Waals surface area (Å²) in [5.41, 5.74) is 2.95. The molecule has 3 aromatic rings. The average molecular weight is 352 g/mol. The predicted molar refractivity (Wildman–Crippen MR) is 101 cm³/mol. The Kier molecular flexibility index (Phi) is 5.50. The first kappa shape index (κ1) is 17.2. The number of aromatic nitrogens is 3. The van der Waals surface area contributed by atoms with E-state index >= 15 is 0 Å². The molecule has 1 N–H and O–H groups in total. The molecule has 1 amide bonds. The standard InChI is InChI=1S/C19H20N4OS/c1-3-23-18(16-10-7-11-17(12-16)20-14(2)24)21-22-19(23)25-13-15-8-5-4-6-9-15/h4-12H,3,13H2,1-2H3,(H,20,24). The molecule has 2 aromatic carbocycles. The summed E-state index contributed by atoms with van der Waals surface area (Å²) in [5.74, 6) is 1.57. The largest absolute Gasteiger partial charge is 0.326 e. The first-order valence-corrected chi connectivity index (χ1v) is 9.14. The monoisotopic (exact) mass is 352 g/mol. The maximum Gasteiger partial charge on any atom is 0.221 e. The van der Waals surface area contributed by atoms with Crippen molar-refractivity contribution in [3.8, 4) is 11.4 Å². The number of amides is 1. The maximum atomic E-state index is 11.3. The Hall–Kier alpha value is -2.60. The van der Waals surface area contributed by atoms with Crippen molar-refractivity contribution in [2.45, 2.75) is 31.3 Å². The lowest BCUT2D eigenvalue weighted by atomic mass is 10.2. The van der Waals surface area contributed by atoms with Crippen molar-refractivity contribution in [1.82, 2.24) is 14.8 Å². The average Bonchev–Trinajstić information content (AvgIpc) is 3.03. The predicted octanol–water partition coefficient (Wildman–Crippen LogP) is 4.22. The van der Waals surface area contributed by atoms with Crippen LogP contribution in [0.15, 0.2) is 59.8 Å². The van der Waals surface area contributed by atoms with Gasteiger partial charge in [0, 0.05) is 30.5 Å². The van der Waals surface area contributed by atoms with E-state index in [1.54, 1.807) is 11.8 Å². The lowest BCUT2D eigenvalue weighted by Gasteiger charge is -2.09. The molecule has 0 saturated carbocycles. The Balaban J connectivity index is 1.83. The zero-order chi connectivity index (χ0) is 17.6. The van der Waals surface area contributed by atoms with Crippen LogP contribution in [-0.4, -0.2) is 20.7 Å².